The Morgan fingerprint density at radius 2 is 2.00 bits per heavy atom. The molecule has 1 aromatic heterocycles. The molecule has 4 nitrogen and oxygen atoms in total. The monoisotopic (exact) mass is 351 g/mol. The predicted molar refractivity (Wildman–Crippen MR) is 103 cm³/mol. The number of aromatic nitrogens is 2. The standard InChI is InChI=1S/C20H21N3OS/c1-2-23-17-12-6-11-16(17)19(22-20(23)24)25-18(21)15-10-5-8-13-7-3-4-9-14(13)15/h3-5,7-10,18H,2,6,11-12,21H2,1H3. The zero-order valence-corrected chi connectivity index (χ0v) is 15.1. The van der Waals surface area contributed by atoms with Crippen molar-refractivity contribution in [3.63, 3.8) is 0 Å². The summed E-state index contributed by atoms with van der Waals surface area (Å²) in [7, 11) is 0. The van der Waals surface area contributed by atoms with Crippen molar-refractivity contribution in [2.45, 2.75) is 43.1 Å². The third-order valence-corrected chi connectivity index (χ3v) is 5.95. The van der Waals surface area contributed by atoms with Crippen molar-refractivity contribution in [2.24, 2.45) is 5.73 Å². The van der Waals surface area contributed by atoms with Gasteiger partial charge in [0.15, 0.2) is 0 Å². The Balaban J connectivity index is 1.74. The van der Waals surface area contributed by atoms with E-state index in [9.17, 15) is 4.79 Å². The van der Waals surface area contributed by atoms with Crippen molar-refractivity contribution in [1.82, 2.24) is 9.55 Å². The SMILES string of the molecule is CCn1c2c(c(SC(N)c3cccc4ccccc34)nc1=O)CCC2. The van der Waals surface area contributed by atoms with Crippen LogP contribution in [0.25, 0.3) is 10.8 Å². The van der Waals surface area contributed by atoms with E-state index >= 15 is 0 Å². The predicted octanol–water partition coefficient (Wildman–Crippen LogP) is 3.65. The molecule has 1 aliphatic rings. The van der Waals surface area contributed by atoms with Crippen LogP contribution >= 0.6 is 11.8 Å². The lowest BCUT2D eigenvalue weighted by Crippen LogP contribution is -2.26. The topological polar surface area (TPSA) is 60.9 Å². The van der Waals surface area contributed by atoms with Crippen LogP contribution in [0.3, 0.4) is 0 Å². The summed E-state index contributed by atoms with van der Waals surface area (Å²) in [5.41, 5.74) is 9.80. The molecule has 3 aromatic rings. The van der Waals surface area contributed by atoms with Crippen LogP contribution < -0.4 is 11.4 Å². The van der Waals surface area contributed by atoms with E-state index in [-0.39, 0.29) is 11.1 Å². The minimum Gasteiger partial charge on any atom is -0.315 e. The summed E-state index contributed by atoms with van der Waals surface area (Å²) in [5.74, 6) is 0. The molecule has 0 radical (unpaired) electrons. The molecular weight excluding hydrogens is 330 g/mol. The maximum absolute atomic E-state index is 12.4. The number of hydrogen-bond donors (Lipinski definition) is 1. The molecule has 2 N–H and O–H groups in total. The lowest BCUT2D eigenvalue weighted by molar-refractivity contribution is 0.645. The number of thioether (sulfide) groups is 1. The van der Waals surface area contributed by atoms with Crippen molar-refractivity contribution >= 4 is 22.5 Å². The number of nitrogens with zero attached hydrogens (tertiary/aromatic N) is 2. The minimum absolute atomic E-state index is 0.157. The molecule has 0 spiro atoms. The molecule has 0 aliphatic heterocycles. The van der Waals surface area contributed by atoms with Gasteiger partial charge in [-0.05, 0) is 42.5 Å². The van der Waals surface area contributed by atoms with Crippen molar-refractivity contribution in [2.75, 3.05) is 0 Å². The van der Waals surface area contributed by atoms with E-state index in [4.69, 9.17) is 5.73 Å². The van der Waals surface area contributed by atoms with Crippen molar-refractivity contribution in [3.05, 3.63) is 69.8 Å². The average Bonchev–Trinajstić information content (AvgIpc) is 3.11. The molecule has 128 valence electrons. The normalized spacial score (nSPS) is 14.6. The van der Waals surface area contributed by atoms with Gasteiger partial charge in [-0.3, -0.25) is 4.57 Å². The van der Waals surface area contributed by atoms with Crippen LogP contribution in [0.1, 0.15) is 35.5 Å². The van der Waals surface area contributed by atoms with Crippen molar-refractivity contribution in [3.8, 4) is 0 Å². The van der Waals surface area contributed by atoms with Crippen LogP contribution in [0.5, 0.6) is 0 Å². The zero-order chi connectivity index (χ0) is 17.4. The first-order valence-electron chi connectivity index (χ1n) is 8.71. The average molecular weight is 351 g/mol. The number of rotatable bonds is 4. The zero-order valence-electron chi connectivity index (χ0n) is 14.2. The van der Waals surface area contributed by atoms with Gasteiger partial charge in [0.1, 0.15) is 5.03 Å². The van der Waals surface area contributed by atoms with Crippen LogP contribution in [-0.2, 0) is 19.4 Å². The second-order valence-corrected chi connectivity index (χ2v) is 7.46. The molecular formula is C20H21N3OS. The number of hydrogen-bond acceptors (Lipinski definition) is 4. The Kier molecular flexibility index (Phi) is 4.36. The molecule has 0 saturated carbocycles. The summed E-state index contributed by atoms with van der Waals surface area (Å²) in [4.78, 5) is 16.7. The highest BCUT2D eigenvalue weighted by Crippen LogP contribution is 2.37. The molecule has 0 bridgehead atoms. The summed E-state index contributed by atoms with van der Waals surface area (Å²) in [6.45, 7) is 2.67. The highest BCUT2D eigenvalue weighted by Gasteiger charge is 2.23. The molecule has 2 aromatic carbocycles. The molecule has 1 unspecified atom stereocenters. The van der Waals surface area contributed by atoms with E-state index in [2.05, 4.69) is 29.2 Å². The fraction of sp³-hybridized carbons (Fsp3) is 0.300. The molecule has 1 atom stereocenters. The Labute approximate surface area is 151 Å². The van der Waals surface area contributed by atoms with Crippen LogP contribution in [0.15, 0.2) is 52.3 Å². The van der Waals surface area contributed by atoms with Gasteiger partial charge in [-0.25, -0.2) is 4.79 Å². The molecule has 1 aliphatic carbocycles. The third kappa shape index (κ3) is 2.87. The first-order chi connectivity index (χ1) is 12.2. The second kappa shape index (κ2) is 6.65. The molecule has 1 heterocycles. The van der Waals surface area contributed by atoms with Crippen LogP contribution in [-0.4, -0.2) is 9.55 Å². The molecule has 5 heteroatoms. The lowest BCUT2D eigenvalue weighted by Gasteiger charge is -2.17. The van der Waals surface area contributed by atoms with E-state index in [1.807, 2.05) is 25.1 Å². The number of benzene rings is 2. The van der Waals surface area contributed by atoms with E-state index < -0.39 is 0 Å². The van der Waals surface area contributed by atoms with E-state index in [1.54, 1.807) is 4.57 Å². The van der Waals surface area contributed by atoms with Gasteiger partial charge in [-0.1, -0.05) is 54.2 Å². The summed E-state index contributed by atoms with van der Waals surface area (Å²) < 4.78 is 1.80. The van der Waals surface area contributed by atoms with Gasteiger partial charge in [-0.15, -0.1) is 0 Å². The summed E-state index contributed by atoms with van der Waals surface area (Å²) in [6, 6.07) is 14.4. The third-order valence-electron chi connectivity index (χ3n) is 4.89. The summed E-state index contributed by atoms with van der Waals surface area (Å²) >= 11 is 1.50. The largest absolute Gasteiger partial charge is 0.348 e. The molecule has 0 saturated heterocycles. The first kappa shape index (κ1) is 16.4. The van der Waals surface area contributed by atoms with E-state index in [0.29, 0.717) is 6.54 Å². The maximum Gasteiger partial charge on any atom is 0.348 e. The van der Waals surface area contributed by atoms with E-state index in [0.717, 1.165) is 40.9 Å². The van der Waals surface area contributed by atoms with Gasteiger partial charge >= 0.3 is 5.69 Å². The Hall–Kier alpha value is -2.11. The summed E-state index contributed by atoms with van der Waals surface area (Å²) in [6.07, 6.45) is 3.02. The first-order valence-corrected chi connectivity index (χ1v) is 9.59. The quantitative estimate of drug-likeness (QED) is 0.443. The lowest BCUT2D eigenvalue weighted by atomic mass is 10.0. The van der Waals surface area contributed by atoms with Gasteiger partial charge < -0.3 is 5.73 Å². The van der Waals surface area contributed by atoms with Gasteiger partial charge in [-0.2, -0.15) is 4.98 Å². The number of fused-ring (bicyclic) bond motifs is 2. The highest BCUT2D eigenvalue weighted by atomic mass is 32.2. The Morgan fingerprint density at radius 1 is 1.20 bits per heavy atom. The molecule has 0 amide bonds. The fourth-order valence-electron chi connectivity index (χ4n) is 3.69. The van der Waals surface area contributed by atoms with Gasteiger partial charge in [0.05, 0.1) is 5.37 Å². The second-order valence-electron chi connectivity index (χ2n) is 6.33. The fourth-order valence-corrected chi connectivity index (χ4v) is 4.76. The molecule has 4 rings (SSSR count). The van der Waals surface area contributed by atoms with Crippen molar-refractivity contribution in [1.29, 1.82) is 0 Å². The molecule has 0 fully saturated rings. The molecule has 25 heavy (non-hydrogen) atoms. The minimum atomic E-state index is -0.250. The summed E-state index contributed by atoms with van der Waals surface area (Å²) in [5, 5.41) is 2.89. The van der Waals surface area contributed by atoms with Crippen LogP contribution in [0, 0.1) is 0 Å². The van der Waals surface area contributed by atoms with Crippen molar-refractivity contribution < 1.29 is 0 Å². The van der Waals surface area contributed by atoms with E-state index in [1.165, 1.54) is 22.7 Å². The Morgan fingerprint density at radius 3 is 2.84 bits per heavy atom. The van der Waals surface area contributed by atoms with Crippen LogP contribution in [0.2, 0.25) is 0 Å². The van der Waals surface area contributed by atoms with Gasteiger partial charge in [0, 0.05) is 17.8 Å². The maximum atomic E-state index is 12.4. The van der Waals surface area contributed by atoms with Gasteiger partial charge in [0.25, 0.3) is 0 Å². The number of nitrogens with two attached hydrogens (primary N) is 1. The smallest absolute Gasteiger partial charge is 0.315 e. The highest BCUT2D eigenvalue weighted by molar-refractivity contribution is 7.99. The van der Waals surface area contributed by atoms with Crippen LogP contribution in [0.4, 0.5) is 0 Å². The Bertz CT molecular complexity index is 991. The van der Waals surface area contributed by atoms with Gasteiger partial charge in [0.2, 0.25) is 0 Å².